The van der Waals surface area contributed by atoms with Crippen molar-refractivity contribution in [2.75, 3.05) is 5.75 Å². The van der Waals surface area contributed by atoms with E-state index < -0.39 is 10.8 Å². The van der Waals surface area contributed by atoms with Crippen molar-refractivity contribution in [3.05, 3.63) is 35.6 Å². The van der Waals surface area contributed by atoms with Crippen molar-refractivity contribution in [2.24, 2.45) is 0 Å². The van der Waals surface area contributed by atoms with Crippen LogP contribution in [0.2, 0.25) is 0 Å². The molecule has 1 N–H and O–H groups in total. The second-order valence-electron chi connectivity index (χ2n) is 6.05. The first-order valence-electron chi connectivity index (χ1n) is 7.96. The van der Waals surface area contributed by atoms with Gasteiger partial charge in [-0.2, -0.15) is 0 Å². The van der Waals surface area contributed by atoms with E-state index in [0.29, 0.717) is 17.3 Å². The first kappa shape index (κ1) is 16.6. The Bertz CT molecular complexity index is 462. The van der Waals surface area contributed by atoms with Gasteiger partial charge in [0.2, 0.25) is 0 Å². The van der Waals surface area contributed by atoms with E-state index in [1.54, 1.807) is 0 Å². The Hall–Kier alpha value is -0.740. The second kappa shape index (κ2) is 8.04. The van der Waals surface area contributed by atoms with Crippen LogP contribution in [-0.4, -0.2) is 27.3 Å². The third-order valence-electron chi connectivity index (χ3n) is 4.26. The van der Waals surface area contributed by atoms with Gasteiger partial charge in [0.15, 0.2) is 0 Å². The Morgan fingerprint density at radius 3 is 2.71 bits per heavy atom. The molecule has 1 aliphatic carbocycles. The van der Waals surface area contributed by atoms with Gasteiger partial charge in [0, 0.05) is 33.9 Å². The molecule has 0 aromatic heterocycles. The van der Waals surface area contributed by atoms with E-state index in [9.17, 15) is 8.60 Å². The third kappa shape index (κ3) is 5.19. The van der Waals surface area contributed by atoms with Gasteiger partial charge in [-0.25, -0.2) is 4.39 Å². The molecule has 4 heteroatoms. The molecule has 0 spiro atoms. The molecule has 2 nitrogen and oxygen atoms in total. The lowest BCUT2D eigenvalue weighted by molar-refractivity contribution is 0.346. The van der Waals surface area contributed by atoms with E-state index in [0.717, 1.165) is 37.0 Å². The predicted octanol–water partition coefficient (Wildman–Crippen LogP) is 3.43. The summed E-state index contributed by atoms with van der Waals surface area (Å²) in [5.41, 5.74) is 1.15. The molecule has 0 unspecified atom stereocenters. The number of nitrogens with one attached hydrogen (secondary N) is 1. The van der Waals surface area contributed by atoms with Crippen LogP contribution in [0.3, 0.4) is 0 Å². The van der Waals surface area contributed by atoms with Gasteiger partial charge in [-0.15, -0.1) is 0 Å². The molecular weight excluding hydrogens is 285 g/mol. The zero-order valence-corrected chi connectivity index (χ0v) is 13.8. The fourth-order valence-corrected chi connectivity index (χ4v) is 4.55. The number of halogens is 1. The van der Waals surface area contributed by atoms with Gasteiger partial charge in [0.05, 0.1) is 0 Å². The molecule has 1 aromatic carbocycles. The summed E-state index contributed by atoms with van der Waals surface area (Å²) in [5, 5.41) is 4.02. The maximum atomic E-state index is 12.9. The van der Waals surface area contributed by atoms with Gasteiger partial charge < -0.3 is 5.32 Å². The van der Waals surface area contributed by atoms with Crippen LogP contribution < -0.4 is 5.32 Å². The van der Waals surface area contributed by atoms with Crippen LogP contribution in [0.1, 0.15) is 45.1 Å². The summed E-state index contributed by atoms with van der Waals surface area (Å²) in [6.07, 6.45) is 5.36. The number of hydrogen-bond acceptors (Lipinski definition) is 2. The van der Waals surface area contributed by atoms with E-state index in [4.69, 9.17) is 0 Å². The summed E-state index contributed by atoms with van der Waals surface area (Å²) in [4.78, 5) is 0. The van der Waals surface area contributed by atoms with Crippen molar-refractivity contribution >= 4 is 10.8 Å². The molecule has 21 heavy (non-hydrogen) atoms. The molecule has 0 heterocycles. The minimum atomic E-state index is -0.671. The van der Waals surface area contributed by atoms with E-state index in [2.05, 4.69) is 12.2 Å². The summed E-state index contributed by atoms with van der Waals surface area (Å²) < 4.78 is 24.9. The zero-order chi connectivity index (χ0) is 15.2. The van der Waals surface area contributed by atoms with E-state index in [1.807, 2.05) is 19.1 Å². The van der Waals surface area contributed by atoms with Crippen LogP contribution in [0, 0.1) is 5.82 Å². The summed E-state index contributed by atoms with van der Waals surface area (Å²) in [6, 6.07) is 7.56. The lowest BCUT2D eigenvalue weighted by Crippen LogP contribution is -2.42. The van der Waals surface area contributed by atoms with Crippen molar-refractivity contribution in [3.8, 4) is 0 Å². The van der Waals surface area contributed by atoms with Gasteiger partial charge in [-0.05, 0) is 50.3 Å². The Morgan fingerprint density at radius 1 is 1.33 bits per heavy atom. The van der Waals surface area contributed by atoms with Gasteiger partial charge >= 0.3 is 0 Å². The fraction of sp³-hybridized carbons (Fsp3) is 0.647. The first-order chi connectivity index (χ1) is 10.1. The van der Waals surface area contributed by atoms with Crippen molar-refractivity contribution in [1.82, 2.24) is 5.32 Å². The van der Waals surface area contributed by atoms with Gasteiger partial charge in [0.25, 0.3) is 0 Å². The average molecular weight is 311 g/mol. The van der Waals surface area contributed by atoms with Crippen LogP contribution in [0.25, 0.3) is 0 Å². The molecule has 0 radical (unpaired) electrons. The Labute approximate surface area is 130 Å². The number of benzene rings is 1. The van der Waals surface area contributed by atoms with Crippen LogP contribution in [-0.2, 0) is 17.2 Å². The summed E-state index contributed by atoms with van der Waals surface area (Å²) in [6.45, 7) is 4.17. The molecular formula is C17H26FNOS. The summed E-state index contributed by atoms with van der Waals surface area (Å²) >= 11 is 0. The van der Waals surface area contributed by atoms with Crippen LogP contribution in [0.5, 0.6) is 0 Å². The highest BCUT2D eigenvalue weighted by atomic mass is 32.2. The molecule has 0 amide bonds. The maximum Gasteiger partial charge on any atom is 0.123 e. The van der Waals surface area contributed by atoms with Crippen molar-refractivity contribution in [3.63, 3.8) is 0 Å². The largest absolute Gasteiger partial charge is 0.311 e. The lowest BCUT2D eigenvalue weighted by atomic mass is 9.94. The molecule has 1 aromatic rings. The van der Waals surface area contributed by atoms with Gasteiger partial charge in [0.1, 0.15) is 5.82 Å². The topological polar surface area (TPSA) is 29.1 Å². The summed E-state index contributed by atoms with van der Waals surface area (Å²) in [5.74, 6) is 0.583. The van der Waals surface area contributed by atoms with Crippen LogP contribution >= 0.6 is 0 Å². The Balaban J connectivity index is 1.83. The highest BCUT2D eigenvalue weighted by Crippen LogP contribution is 2.23. The lowest BCUT2D eigenvalue weighted by Gasteiger charge is -2.31. The summed E-state index contributed by atoms with van der Waals surface area (Å²) in [7, 11) is -0.671. The molecule has 118 valence electrons. The smallest absolute Gasteiger partial charge is 0.123 e. The van der Waals surface area contributed by atoms with E-state index in [-0.39, 0.29) is 5.82 Å². The quantitative estimate of drug-likeness (QED) is 0.872. The minimum absolute atomic E-state index is 0.184. The van der Waals surface area contributed by atoms with Crippen LogP contribution in [0.4, 0.5) is 4.39 Å². The Kier molecular flexibility index (Phi) is 6.37. The number of hydrogen-bond donors (Lipinski definition) is 1. The SMILES string of the molecule is CC[S@](=O)[C@@H]1CCC[C@@H](N[C@H](C)Cc2ccc(F)cc2)C1. The average Bonchev–Trinajstić information content (AvgIpc) is 2.49. The normalized spacial score (nSPS) is 25.5. The minimum Gasteiger partial charge on any atom is -0.311 e. The fourth-order valence-electron chi connectivity index (χ4n) is 3.21. The molecule has 2 rings (SSSR count). The predicted molar refractivity (Wildman–Crippen MR) is 87.4 cm³/mol. The molecule has 1 fully saturated rings. The Morgan fingerprint density at radius 2 is 2.05 bits per heavy atom. The molecule has 0 saturated heterocycles. The maximum absolute atomic E-state index is 12.9. The van der Waals surface area contributed by atoms with Crippen molar-refractivity contribution < 1.29 is 8.60 Å². The first-order valence-corrected chi connectivity index (χ1v) is 9.34. The molecule has 0 bridgehead atoms. The molecule has 1 aliphatic rings. The monoisotopic (exact) mass is 311 g/mol. The van der Waals surface area contributed by atoms with Crippen molar-refractivity contribution in [2.45, 2.75) is 63.3 Å². The van der Waals surface area contributed by atoms with Crippen LogP contribution in [0.15, 0.2) is 24.3 Å². The van der Waals surface area contributed by atoms with E-state index in [1.165, 1.54) is 18.6 Å². The van der Waals surface area contributed by atoms with Crippen molar-refractivity contribution in [1.29, 1.82) is 0 Å². The molecule has 4 atom stereocenters. The highest BCUT2D eigenvalue weighted by Gasteiger charge is 2.26. The van der Waals surface area contributed by atoms with Gasteiger partial charge in [-0.1, -0.05) is 25.5 Å². The third-order valence-corrected chi connectivity index (χ3v) is 6.00. The highest BCUT2D eigenvalue weighted by molar-refractivity contribution is 7.85. The molecule has 0 aliphatic heterocycles. The standard InChI is InChI=1S/C17H26FNOS/c1-3-21(20)17-6-4-5-16(12-17)19-13(2)11-14-7-9-15(18)10-8-14/h7-10,13,16-17,19H,3-6,11-12H2,1-2H3/t13-,16-,17-,21+/m1/s1. The molecule has 1 saturated carbocycles. The van der Waals surface area contributed by atoms with E-state index >= 15 is 0 Å². The number of rotatable bonds is 6. The second-order valence-corrected chi connectivity index (χ2v) is 8.06. The zero-order valence-electron chi connectivity index (χ0n) is 13.0. The van der Waals surface area contributed by atoms with Gasteiger partial charge in [-0.3, -0.25) is 4.21 Å².